The standard InChI is InChI=1S/C13H11F2NO/c14-11-3-2-10(7-12(11)15)13-4-1-9(5-6-17)8-16-13/h1-4,7-8,17H,5-6H2. The predicted octanol–water partition coefficient (Wildman–Crippen LogP) is 2.56. The van der Waals surface area contributed by atoms with Crippen molar-refractivity contribution in [3.8, 4) is 11.3 Å². The van der Waals surface area contributed by atoms with E-state index in [-0.39, 0.29) is 6.61 Å². The third-order valence-corrected chi connectivity index (χ3v) is 2.44. The van der Waals surface area contributed by atoms with Crippen molar-refractivity contribution in [2.45, 2.75) is 6.42 Å². The first-order valence-electron chi connectivity index (χ1n) is 5.22. The van der Waals surface area contributed by atoms with Gasteiger partial charge in [0.05, 0.1) is 5.69 Å². The number of aromatic nitrogens is 1. The van der Waals surface area contributed by atoms with Crippen molar-refractivity contribution in [2.75, 3.05) is 6.61 Å². The summed E-state index contributed by atoms with van der Waals surface area (Å²) in [4.78, 5) is 4.14. The molecule has 0 radical (unpaired) electrons. The maximum Gasteiger partial charge on any atom is 0.159 e. The van der Waals surface area contributed by atoms with Crippen molar-refractivity contribution in [1.29, 1.82) is 0 Å². The van der Waals surface area contributed by atoms with Gasteiger partial charge in [-0.05, 0) is 36.2 Å². The van der Waals surface area contributed by atoms with E-state index in [2.05, 4.69) is 4.98 Å². The Morgan fingerprint density at radius 2 is 1.88 bits per heavy atom. The Labute approximate surface area is 97.6 Å². The Bertz CT molecular complexity index is 511. The molecule has 0 aliphatic carbocycles. The molecule has 0 fully saturated rings. The van der Waals surface area contributed by atoms with Crippen LogP contribution in [0.5, 0.6) is 0 Å². The molecule has 88 valence electrons. The zero-order valence-electron chi connectivity index (χ0n) is 9.03. The molecule has 0 bridgehead atoms. The van der Waals surface area contributed by atoms with Crippen molar-refractivity contribution < 1.29 is 13.9 Å². The Balaban J connectivity index is 2.30. The van der Waals surface area contributed by atoms with Gasteiger partial charge in [-0.15, -0.1) is 0 Å². The van der Waals surface area contributed by atoms with Gasteiger partial charge in [-0.2, -0.15) is 0 Å². The van der Waals surface area contributed by atoms with Crippen LogP contribution in [0.4, 0.5) is 8.78 Å². The van der Waals surface area contributed by atoms with E-state index in [1.54, 1.807) is 18.3 Å². The number of nitrogens with zero attached hydrogens (tertiary/aromatic N) is 1. The van der Waals surface area contributed by atoms with E-state index >= 15 is 0 Å². The van der Waals surface area contributed by atoms with Crippen LogP contribution < -0.4 is 0 Å². The minimum absolute atomic E-state index is 0.0617. The van der Waals surface area contributed by atoms with Gasteiger partial charge in [-0.1, -0.05) is 6.07 Å². The molecule has 1 heterocycles. The largest absolute Gasteiger partial charge is 0.396 e. The number of rotatable bonds is 3. The minimum atomic E-state index is -0.885. The average Bonchev–Trinajstić information content (AvgIpc) is 2.34. The predicted molar refractivity (Wildman–Crippen MR) is 60.4 cm³/mol. The number of aliphatic hydroxyl groups is 1. The van der Waals surface area contributed by atoms with Gasteiger partial charge in [0.15, 0.2) is 11.6 Å². The van der Waals surface area contributed by atoms with E-state index in [1.807, 2.05) is 0 Å². The Morgan fingerprint density at radius 3 is 2.47 bits per heavy atom. The van der Waals surface area contributed by atoms with Gasteiger partial charge >= 0.3 is 0 Å². The van der Waals surface area contributed by atoms with Crippen LogP contribution in [0.1, 0.15) is 5.56 Å². The van der Waals surface area contributed by atoms with Crippen LogP contribution in [0.3, 0.4) is 0 Å². The summed E-state index contributed by atoms with van der Waals surface area (Å²) in [7, 11) is 0. The summed E-state index contributed by atoms with van der Waals surface area (Å²) in [5, 5.41) is 8.75. The fraction of sp³-hybridized carbons (Fsp3) is 0.154. The average molecular weight is 235 g/mol. The summed E-state index contributed by atoms with van der Waals surface area (Å²) < 4.78 is 25.8. The topological polar surface area (TPSA) is 33.1 Å². The molecular weight excluding hydrogens is 224 g/mol. The first-order chi connectivity index (χ1) is 8.20. The highest BCUT2D eigenvalue weighted by Crippen LogP contribution is 2.19. The second kappa shape index (κ2) is 5.01. The third kappa shape index (κ3) is 2.65. The number of hydrogen-bond acceptors (Lipinski definition) is 2. The first-order valence-corrected chi connectivity index (χ1v) is 5.22. The summed E-state index contributed by atoms with van der Waals surface area (Å²) in [6.45, 7) is 0.0617. The number of aliphatic hydroxyl groups excluding tert-OH is 1. The minimum Gasteiger partial charge on any atom is -0.396 e. The maximum atomic E-state index is 13.0. The van der Waals surface area contributed by atoms with E-state index in [0.29, 0.717) is 17.7 Å². The molecule has 0 amide bonds. The monoisotopic (exact) mass is 235 g/mol. The lowest BCUT2D eigenvalue weighted by Crippen LogP contribution is -1.93. The molecule has 2 aromatic rings. The third-order valence-electron chi connectivity index (χ3n) is 2.44. The number of hydrogen-bond donors (Lipinski definition) is 1. The van der Waals surface area contributed by atoms with E-state index in [1.165, 1.54) is 6.07 Å². The van der Waals surface area contributed by atoms with E-state index < -0.39 is 11.6 Å². The molecule has 1 aromatic heterocycles. The molecule has 2 rings (SSSR count). The lowest BCUT2D eigenvalue weighted by atomic mass is 10.1. The molecule has 0 atom stereocenters. The van der Waals surface area contributed by atoms with Gasteiger partial charge in [0.2, 0.25) is 0 Å². The molecule has 0 aliphatic heterocycles. The van der Waals surface area contributed by atoms with Gasteiger partial charge in [-0.3, -0.25) is 4.98 Å². The summed E-state index contributed by atoms with van der Waals surface area (Å²) in [5.41, 5.74) is 2.00. The van der Waals surface area contributed by atoms with Crippen LogP contribution in [0.25, 0.3) is 11.3 Å². The normalized spacial score (nSPS) is 10.5. The van der Waals surface area contributed by atoms with E-state index in [0.717, 1.165) is 17.7 Å². The van der Waals surface area contributed by atoms with Crippen molar-refractivity contribution >= 4 is 0 Å². The van der Waals surface area contributed by atoms with Crippen molar-refractivity contribution in [2.24, 2.45) is 0 Å². The molecule has 0 saturated heterocycles. The second-order valence-electron chi connectivity index (χ2n) is 3.65. The highest BCUT2D eigenvalue weighted by molar-refractivity contribution is 5.59. The van der Waals surface area contributed by atoms with Crippen LogP contribution in [-0.2, 0) is 6.42 Å². The Kier molecular flexibility index (Phi) is 3.44. The summed E-state index contributed by atoms with van der Waals surface area (Å²) in [6.07, 6.45) is 2.15. The quantitative estimate of drug-likeness (QED) is 0.886. The highest BCUT2D eigenvalue weighted by Gasteiger charge is 2.05. The zero-order chi connectivity index (χ0) is 12.3. The smallest absolute Gasteiger partial charge is 0.159 e. The van der Waals surface area contributed by atoms with Gasteiger partial charge in [0.25, 0.3) is 0 Å². The molecular formula is C13H11F2NO. The molecule has 2 nitrogen and oxygen atoms in total. The van der Waals surface area contributed by atoms with Gasteiger partial charge in [0, 0.05) is 18.4 Å². The molecule has 17 heavy (non-hydrogen) atoms. The molecule has 0 unspecified atom stereocenters. The Hall–Kier alpha value is -1.81. The molecule has 1 N–H and O–H groups in total. The van der Waals surface area contributed by atoms with Crippen molar-refractivity contribution in [3.05, 3.63) is 53.7 Å². The van der Waals surface area contributed by atoms with Gasteiger partial charge in [0.1, 0.15) is 0 Å². The van der Waals surface area contributed by atoms with Gasteiger partial charge in [-0.25, -0.2) is 8.78 Å². The number of benzene rings is 1. The highest BCUT2D eigenvalue weighted by atomic mass is 19.2. The van der Waals surface area contributed by atoms with Crippen LogP contribution in [0.15, 0.2) is 36.5 Å². The van der Waals surface area contributed by atoms with E-state index in [4.69, 9.17) is 5.11 Å². The summed E-state index contributed by atoms with van der Waals surface area (Å²) in [6, 6.07) is 7.20. The van der Waals surface area contributed by atoms with Gasteiger partial charge < -0.3 is 5.11 Å². The van der Waals surface area contributed by atoms with Crippen LogP contribution in [-0.4, -0.2) is 16.7 Å². The lowest BCUT2D eigenvalue weighted by molar-refractivity contribution is 0.299. The van der Waals surface area contributed by atoms with E-state index in [9.17, 15) is 8.78 Å². The summed E-state index contributed by atoms with van der Waals surface area (Å²) in [5.74, 6) is -1.76. The molecule has 1 aromatic carbocycles. The van der Waals surface area contributed by atoms with Crippen LogP contribution >= 0.6 is 0 Å². The SMILES string of the molecule is OCCc1ccc(-c2ccc(F)c(F)c2)nc1. The van der Waals surface area contributed by atoms with Crippen molar-refractivity contribution in [1.82, 2.24) is 4.98 Å². The molecule has 0 saturated carbocycles. The number of pyridine rings is 1. The molecule has 0 spiro atoms. The second-order valence-corrected chi connectivity index (χ2v) is 3.65. The zero-order valence-corrected chi connectivity index (χ0v) is 9.03. The number of halogens is 2. The maximum absolute atomic E-state index is 13.0. The van der Waals surface area contributed by atoms with Crippen molar-refractivity contribution in [3.63, 3.8) is 0 Å². The lowest BCUT2D eigenvalue weighted by Gasteiger charge is -2.03. The first kappa shape index (κ1) is 11.7. The van der Waals surface area contributed by atoms with Crippen LogP contribution in [0, 0.1) is 11.6 Å². The Morgan fingerprint density at radius 1 is 1.06 bits per heavy atom. The van der Waals surface area contributed by atoms with Crippen LogP contribution in [0.2, 0.25) is 0 Å². The summed E-state index contributed by atoms with van der Waals surface area (Å²) >= 11 is 0. The molecule has 4 heteroatoms. The fourth-order valence-electron chi connectivity index (χ4n) is 1.53. The fourth-order valence-corrected chi connectivity index (χ4v) is 1.53. The molecule has 0 aliphatic rings.